The zero-order valence-electron chi connectivity index (χ0n) is 27.2. The number of nitrogens with zero attached hydrogens (tertiary/aromatic N) is 2. The van der Waals surface area contributed by atoms with Crippen LogP contribution in [0.4, 0.5) is 34.1 Å². The average molecular weight is 617 g/mol. The molecule has 0 spiro atoms. The molecule has 0 unspecified atom stereocenters. The molecule has 0 radical (unpaired) electrons. The molecule has 8 aromatic carbocycles. The van der Waals surface area contributed by atoms with Gasteiger partial charge in [-0.1, -0.05) is 133 Å². The predicted octanol–water partition coefficient (Wildman–Crippen LogP) is 13.2. The summed E-state index contributed by atoms with van der Waals surface area (Å²) in [5.74, 6) is 0. The highest BCUT2D eigenvalue weighted by Crippen LogP contribution is 2.43. The van der Waals surface area contributed by atoms with E-state index in [1.807, 2.05) is 0 Å². The Kier molecular flexibility index (Phi) is 7.68. The fraction of sp³-hybridized carbons (Fsp3) is 0.0435. The van der Waals surface area contributed by atoms with Gasteiger partial charge in [-0.3, -0.25) is 0 Å². The molecule has 2 heteroatoms. The van der Waals surface area contributed by atoms with Crippen LogP contribution in [0.1, 0.15) is 11.1 Å². The third-order valence-corrected chi connectivity index (χ3v) is 9.26. The smallest absolute Gasteiger partial charge is 0.0569 e. The first kappa shape index (κ1) is 29.3. The summed E-state index contributed by atoms with van der Waals surface area (Å²) in [5.41, 5.74) is 11.8. The van der Waals surface area contributed by atoms with Gasteiger partial charge in [0.25, 0.3) is 0 Å². The van der Waals surface area contributed by atoms with Gasteiger partial charge in [0.1, 0.15) is 0 Å². The number of hydrogen-bond acceptors (Lipinski definition) is 2. The number of fused-ring (bicyclic) bond motifs is 2. The highest BCUT2D eigenvalue weighted by Gasteiger charge is 2.19. The zero-order valence-corrected chi connectivity index (χ0v) is 27.2. The average Bonchev–Trinajstić information content (AvgIpc) is 3.15. The molecule has 0 aromatic heterocycles. The minimum absolute atomic E-state index is 1.13. The lowest BCUT2D eigenvalue weighted by Gasteiger charge is -2.29. The summed E-state index contributed by atoms with van der Waals surface area (Å²) in [6.45, 7) is 4.40. The molecule has 0 aliphatic heterocycles. The van der Waals surface area contributed by atoms with E-state index in [2.05, 4.69) is 206 Å². The second-order valence-electron chi connectivity index (χ2n) is 12.3. The van der Waals surface area contributed by atoms with E-state index >= 15 is 0 Å². The van der Waals surface area contributed by atoms with E-state index in [1.165, 1.54) is 55.2 Å². The summed E-state index contributed by atoms with van der Waals surface area (Å²) in [5, 5.41) is 4.95. The van der Waals surface area contributed by atoms with Gasteiger partial charge in [-0.05, 0) is 95.4 Å². The largest absolute Gasteiger partial charge is 0.310 e. The molecule has 8 rings (SSSR count). The van der Waals surface area contributed by atoms with Gasteiger partial charge in [0.15, 0.2) is 0 Å². The molecule has 0 aliphatic carbocycles. The van der Waals surface area contributed by atoms with Crippen molar-refractivity contribution in [2.75, 3.05) is 9.80 Å². The number of para-hydroxylation sites is 2. The number of aryl methyl sites for hydroxylation is 2. The van der Waals surface area contributed by atoms with Gasteiger partial charge >= 0.3 is 0 Å². The standard InChI is InChI=1S/C46H36N2/c1-33-21-23-37-13-9-11-19-43(37)45(33)47(39-15-5-3-6-16-39)41-29-25-35(26-30-41)36-27-31-42(32-28-36)48(40-17-7-4-8-18-40)46-34(2)22-24-38-14-10-12-20-44(38)46/h3-32H,1-2H3. The molecule has 0 N–H and O–H groups in total. The molecule has 0 saturated carbocycles. The van der Waals surface area contributed by atoms with Gasteiger partial charge in [0.2, 0.25) is 0 Å². The first-order valence-electron chi connectivity index (χ1n) is 16.5. The van der Waals surface area contributed by atoms with Gasteiger partial charge in [-0.25, -0.2) is 0 Å². The van der Waals surface area contributed by atoms with Crippen LogP contribution in [0.2, 0.25) is 0 Å². The van der Waals surface area contributed by atoms with Crippen molar-refractivity contribution in [2.45, 2.75) is 13.8 Å². The Morgan fingerprint density at radius 1 is 0.292 bits per heavy atom. The minimum Gasteiger partial charge on any atom is -0.310 e. The Labute approximate surface area is 282 Å². The Hall–Kier alpha value is -6.12. The van der Waals surface area contributed by atoms with Crippen molar-refractivity contribution in [3.8, 4) is 11.1 Å². The summed E-state index contributed by atoms with van der Waals surface area (Å²) in [4.78, 5) is 4.77. The number of hydrogen-bond donors (Lipinski definition) is 0. The van der Waals surface area contributed by atoms with Crippen LogP contribution in [0.3, 0.4) is 0 Å². The molecule has 0 atom stereocenters. The molecule has 0 amide bonds. The van der Waals surface area contributed by atoms with E-state index in [4.69, 9.17) is 0 Å². The van der Waals surface area contributed by atoms with Gasteiger partial charge < -0.3 is 9.80 Å². The van der Waals surface area contributed by atoms with Gasteiger partial charge in [-0.2, -0.15) is 0 Å². The first-order valence-corrected chi connectivity index (χ1v) is 16.5. The van der Waals surface area contributed by atoms with E-state index in [1.54, 1.807) is 0 Å². The Morgan fingerprint density at radius 3 is 1.02 bits per heavy atom. The number of rotatable bonds is 7. The molecule has 0 fully saturated rings. The van der Waals surface area contributed by atoms with Crippen LogP contribution in [0.25, 0.3) is 32.7 Å². The second-order valence-corrected chi connectivity index (χ2v) is 12.3. The van der Waals surface area contributed by atoms with Gasteiger partial charge in [0.05, 0.1) is 11.4 Å². The summed E-state index contributed by atoms with van der Waals surface area (Å²) < 4.78 is 0. The normalized spacial score (nSPS) is 11.1. The van der Waals surface area contributed by atoms with E-state index < -0.39 is 0 Å². The van der Waals surface area contributed by atoms with Crippen molar-refractivity contribution in [3.05, 3.63) is 193 Å². The molecular formula is C46H36N2. The number of anilines is 6. The Balaban J connectivity index is 1.18. The van der Waals surface area contributed by atoms with Crippen molar-refractivity contribution < 1.29 is 0 Å². The molecule has 230 valence electrons. The first-order chi connectivity index (χ1) is 23.7. The fourth-order valence-electron chi connectivity index (χ4n) is 6.90. The van der Waals surface area contributed by atoms with Crippen LogP contribution >= 0.6 is 0 Å². The van der Waals surface area contributed by atoms with Crippen molar-refractivity contribution in [1.29, 1.82) is 0 Å². The van der Waals surface area contributed by atoms with Crippen LogP contribution in [-0.2, 0) is 0 Å². The molecule has 0 heterocycles. The summed E-state index contributed by atoms with van der Waals surface area (Å²) in [6, 6.07) is 65.4. The molecule has 0 saturated heterocycles. The van der Waals surface area contributed by atoms with Crippen LogP contribution in [0.15, 0.2) is 182 Å². The Morgan fingerprint density at radius 2 is 0.625 bits per heavy atom. The topological polar surface area (TPSA) is 6.48 Å². The highest BCUT2D eigenvalue weighted by atomic mass is 15.2. The van der Waals surface area contributed by atoms with Crippen LogP contribution < -0.4 is 9.80 Å². The maximum Gasteiger partial charge on any atom is 0.0569 e. The molecular weight excluding hydrogens is 581 g/mol. The lowest BCUT2D eigenvalue weighted by atomic mass is 10.0. The Bertz CT molecular complexity index is 2170. The zero-order chi connectivity index (χ0) is 32.5. The monoisotopic (exact) mass is 616 g/mol. The molecule has 8 aromatic rings. The van der Waals surface area contributed by atoms with E-state index in [-0.39, 0.29) is 0 Å². The quantitative estimate of drug-likeness (QED) is 0.176. The lowest BCUT2D eigenvalue weighted by Crippen LogP contribution is -2.12. The third-order valence-electron chi connectivity index (χ3n) is 9.26. The van der Waals surface area contributed by atoms with E-state index in [0.717, 1.165) is 22.7 Å². The van der Waals surface area contributed by atoms with Crippen LogP contribution in [0.5, 0.6) is 0 Å². The summed E-state index contributed by atoms with van der Waals surface area (Å²) >= 11 is 0. The van der Waals surface area contributed by atoms with Gasteiger partial charge in [0, 0.05) is 33.5 Å². The van der Waals surface area contributed by atoms with Crippen molar-refractivity contribution in [2.24, 2.45) is 0 Å². The summed E-state index contributed by atoms with van der Waals surface area (Å²) in [7, 11) is 0. The fourth-order valence-corrected chi connectivity index (χ4v) is 6.90. The highest BCUT2D eigenvalue weighted by molar-refractivity contribution is 6.02. The van der Waals surface area contributed by atoms with E-state index in [0.29, 0.717) is 0 Å². The maximum atomic E-state index is 2.38. The van der Waals surface area contributed by atoms with Crippen LogP contribution in [-0.4, -0.2) is 0 Å². The van der Waals surface area contributed by atoms with Crippen molar-refractivity contribution in [3.63, 3.8) is 0 Å². The molecule has 2 nitrogen and oxygen atoms in total. The van der Waals surface area contributed by atoms with Crippen LogP contribution in [0, 0.1) is 13.8 Å². The third kappa shape index (κ3) is 5.38. The number of benzene rings is 8. The second kappa shape index (κ2) is 12.6. The predicted molar refractivity (Wildman–Crippen MR) is 206 cm³/mol. The van der Waals surface area contributed by atoms with E-state index in [9.17, 15) is 0 Å². The lowest BCUT2D eigenvalue weighted by molar-refractivity contribution is 1.26. The summed E-state index contributed by atoms with van der Waals surface area (Å²) in [6.07, 6.45) is 0. The molecule has 48 heavy (non-hydrogen) atoms. The maximum absolute atomic E-state index is 2.38. The minimum atomic E-state index is 1.13. The molecule has 0 aliphatic rings. The SMILES string of the molecule is Cc1ccc2ccccc2c1N(c1ccccc1)c1ccc(-c2ccc(N(c3ccccc3)c3c(C)ccc4ccccc34)cc2)cc1. The van der Waals surface area contributed by atoms with Crippen molar-refractivity contribution >= 4 is 55.7 Å². The van der Waals surface area contributed by atoms with Gasteiger partial charge in [-0.15, -0.1) is 0 Å². The molecule has 0 bridgehead atoms. The van der Waals surface area contributed by atoms with Crippen molar-refractivity contribution in [1.82, 2.24) is 0 Å².